The Morgan fingerprint density at radius 3 is 2.31 bits per heavy atom. The molecule has 3 aliphatic rings. The summed E-state index contributed by atoms with van der Waals surface area (Å²) >= 11 is 11.7. The molecule has 3 aliphatic heterocycles. The Balaban J connectivity index is 0.000000321. The lowest BCUT2D eigenvalue weighted by Gasteiger charge is -2.45. The number of carbonyl (C=O) groups is 2. The number of anilines is 1. The highest BCUT2D eigenvalue weighted by molar-refractivity contribution is 7.80. The van der Waals surface area contributed by atoms with Gasteiger partial charge in [-0.15, -0.1) is 0 Å². The lowest BCUT2D eigenvalue weighted by molar-refractivity contribution is -0.134. The molecule has 4 rings (SSSR count). The molecule has 0 amide bonds. The molecule has 5 N–H and O–H groups in total. The Labute approximate surface area is 179 Å². The fourth-order valence-electron chi connectivity index (χ4n) is 3.43. The first-order valence-electron chi connectivity index (χ1n) is 9.01. The summed E-state index contributed by atoms with van der Waals surface area (Å²) in [5.74, 6) is -1.14. The van der Waals surface area contributed by atoms with E-state index in [4.69, 9.17) is 44.5 Å². The second-order valence-corrected chi connectivity index (χ2v) is 7.62. The lowest BCUT2D eigenvalue weighted by atomic mass is 9.84. The van der Waals surface area contributed by atoms with Crippen molar-refractivity contribution in [3.63, 3.8) is 0 Å². The largest absolute Gasteiger partial charge is 0.496 e. The van der Waals surface area contributed by atoms with Crippen LogP contribution in [0, 0.1) is 5.92 Å². The van der Waals surface area contributed by atoms with Crippen molar-refractivity contribution in [3.05, 3.63) is 34.9 Å². The molecule has 0 spiro atoms. The third kappa shape index (κ3) is 6.59. The number of ether oxygens (including phenoxy) is 1. The highest BCUT2D eigenvalue weighted by Crippen LogP contribution is 2.31. The number of benzene rings is 1. The maximum absolute atomic E-state index is 9.55. The van der Waals surface area contributed by atoms with Crippen LogP contribution in [0.5, 0.6) is 5.75 Å². The van der Waals surface area contributed by atoms with Gasteiger partial charge in [0.25, 0.3) is 0 Å². The number of nitrogen functional groups attached to an aromatic ring is 1. The highest BCUT2D eigenvalue weighted by atomic mass is 35.5. The second-order valence-electron chi connectivity index (χ2n) is 6.80. The first-order chi connectivity index (χ1) is 13.7. The summed E-state index contributed by atoms with van der Waals surface area (Å²) in [6, 6.07) is 3.93. The SMILES string of the molecule is COc1cc(N)c(Cl)cc1C(=S)N[C@@H]1CN2CCC1CC2.O=C(O)/C=C/C(=O)O. The van der Waals surface area contributed by atoms with Crippen LogP contribution in [0.4, 0.5) is 5.69 Å². The van der Waals surface area contributed by atoms with E-state index in [1.54, 1.807) is 19.2 Å². The molecular formula is C19H24ClN3O5S. The molecule has 0 unspecified atom stereocenters. The number of nitrogens with two attached hydrogens (primary N) is 1. The van der Waals surface area contributed by atoms with Gasteiger partial charge in [-0.2, -0.15) is 0 Å². The molecule has 3 fully saturated rings. The van der Waals surface area contributed by atoms with Crippen LogP contribution >= 0.6 is 23.8 Å². The van der Waals surface area contributed by atoms with Crippen molar-refractivity contribution in [2.45, 2.75) is 18.9 Å². The number of hydrogen-bond acceptors (Lipinski definition) is 6. The summed E-state index contributed by atoms with van der Waals surface area (Å²) in [7, 11) is 1.61. The van der Waals surface area contributed by atoms with Crippen molar-refractivity contribution in [2.24, 2.45) is 5.92 Å². The van der Waals surface area contributed by atoms with Crippen LogP contribution in [-0.2, 0) is 9.59 Å². The van der Waals surface area contributed by atoms with E-state index in [0.29, 0.717) is 45.6 Å². The van der Waals surface area contributed by atoms with E-state index in [1.807, 2.05) is 0 Å². The van der Waals surface area contributed by atoms with Gasteiger partial charge in [0.1, 0.15) is 10.7 Å². The number of piperidine rings is 3. The minimum absolute atomic E-state index is 0.418. The van der Waals surface area contributed by atoms with Gasteiger partial charge in [0, 0.05) is 30.8 Å². The standard InChI is InChI=1S/C15H20ClN3OS.C4H4O4/c1-20-14-7-12(17)11(16)6-10(14)15(21)18-13-8-19-4-2-9(13)3-5-19;5-3(6)1-2-4(7)8/h6-7,9,13H,2-5,8,17H2,1H3,(H,18,21);1-2H,(H,5,6)(H,7,8)/b;2-1+/t13-;/m1./s1. The van der Waals surface area contributed by atoms with E-state index in [9.17, 15) is 9.59 Å². The molecule has 2 bridgehead atoms. The summed E-state index contributed by atoms with van der Waals surface area (Å²) in [4.78, 5) is 22.3. The van der Waals surface area contributed by atoms with Gasteiger partial charge < -0.3 is 30.9 Å². The van der Waals surface area contributed by atoms with E-state index in [2.05, 4.69) is 10.2 Å². The normalized spacial score (nSPS) is 22.5. The van der Waals surface area contributed by atoms with Gasteiger partial charge in [-0.25, -0.2) is 9.59 Å². The lowest BCUT2D eigenvalue weighted by Crippen LogP contribution is -2.57. The second kappa shape index (κ2) is 10.4. The van der Waals surface area contributed by atoms with E-state index >= 15 is 0 Å². The molecule has 1 atom stereocenters. The van der Waals surface area contributed by atoms with E-state index in [1.165, 1.54) is 25.9 Å². The van der Waals surface area contributed by atoms with Crippen LogP contribution in [0.3, 0.4) is 0 Å². The third-order valence-electron chi connectivity index (χ3n) is 4.90. The highest BCUT2D eigenvalue weighted by Gasteiger charge is 2.34. The predicted molar refractivity (Wildman–Crippen MR) is 115 cm³/mol. The van der Waals surface area contributed by atoms with Gasteiger partial charge in [0.15, 0.2) is 0 Å². The molecule has 3 saturated heterocycles. The number of nitrogens with one attached hydrogen (secondary N) is 1. The van der Waals surface area contributed by atoms with Crippen molar-refractivity contribution in [2.75, 3.05) is 32.5 Å². The van der Waals surface area contributed by atoms with Gasteiger partial charge in [0.05, 0.1) is 23.4 Å². The fraction of sp³-hybridized carbons (Fsp3) is 0.421. The van der Waals surface area contributed by atoms with Crippen LogP contribution in [0.15, 0.2) is 24.3 Å². The van der Waals surface area contributed by atoms with Crippen LogP contribution in [0.25, 0.3) is 0 Å². The average Bonchev–Trinajstić information content (AvgIpc) is 2.69. The first kappa shape index (κ1) is 22.9. The Morgan fingerprint density at radius 1 is 1.28 bits per heavy atom. The van der Waals surface area contributed by atoms with Crippen LogP contribution in [-0.4, -0.2) is 64.8 Å². The third-order valence-corrected chi connectivity index (χ3v) is 5.57. The minimum atomic E-state index is -1.26. The monoisotopic (exact) mass is 441 g/mol. The molecular weight excluding hydrogens is 418 g/mol. The zero-order valence-electron chi connectivity index (χ0n) is 15.9. The minimum Gasteiger partial charge on any atom is -0.496 e. The van der Waals surface area contributed by atoms with E-state index in [0.717, 1.165) is 12.1 Å². The predicted octanol–water partition coefficient (Wildman–Crippen LogP) is 2.00. The molecule has 8 nitrogen and oxygen atoms in total. The number of halogens is 1. The summed E-state index contributed by atoms with van der Waals surface area (Å²) in [5, 5.41) is 19.6. The number of fused-ring (bicyclic) bond motifs is 3. The maximum Gasteiger partial charge on any atom is 0.328 e. The molecule has 0 aliphatic carbocycles. The number of aliphatic carboxylic acids is 2. The number of hydrogen-bond donors (Lipinski definition) is 4. The van der Waals surface area contributed by atoms with E-state index < -0.39 is 11.9 Å². The molecule has 10 heteroatoms. The Morgan fingerprint density at radius 2 is 1.86 bits per heavy atom. The van der Waals surface area contributed by atoms with Gasteiger partial charge in [0.2, 0.25) is 0 Å². The number of thiocarbonyl (C=S) groups is 1. The fourth-order valence-corrected chi connectivity index (χ4v) is 3.91. The number of methoxy groups -OCH3 is 1. The van der Waals surface area contributed by atoms with Crippen molar-refractivity contribution >= 4 is 46.4 Å². The Hall–Kier alpha value is -2.36. The molecule has 3 heterocycles. The first-order valence-corrected chi connectivity index (χ1v) is 9.80. The van der Waals surface area contributed by atoms with Gasteiger partial charge >= 0.3 is 11.9 Å². The number of carboxylic acid groups (broad SMARTS) is 2. The van der Waals surface area contributed by atoms with Crippen LogP contribution in [0.2, 0.25) is 5.02 Å². The summed E-state index contributed by atoms with van der Waals surface area (Å²) < 4.78 is 5.38. The van der Waals surface area contributed by atoms with Crippen molar-refractivity contribution in [1.29, 1.82) is 0 Å². The number of carboxylic acids is 2. The Kier molecular flexibility index (Phi) is 8.24. The smallest absolute Gasteiger partial charge is 0.328 e. The van der Waals surface area contributed by atoms with Gasteiger partial charge in [-0.3, -0.25) is 0 Å². The molecule has 0 aromatic heterocycles. The van der Waals surface area contributed by atoms with Crippen LogP contribution in [0.1, 0.15) is 18.4 Å². The zero-order valence-corrected chi connectivity index (χ0v) is 17.5. The molecule has 1 aromatic carbocycles. The average molecular weight is 442 g/mol. The van der Waals surface area contributed by atoms with Crippen molar-refractivity contribution in [1.82, 2.24) is 10.2 Å². The summed E-state index contributed by atoms with van der Waals surface area (Å²) in [5.41, 5.74) is 7.13. The molecule has 0 radical (unpaired) electrons. The zero-order chi connectivity index (χ0) is 21.6. The van der Waals surface area contributed by atoms with E-state index in [-0.39, 0.29) is 0 Å². The Bertz CT molecular complexity index is 793. The molecule has 158 valence electrons. The topological polar surface area (TPSA) is 125 Å². The van der Waals surface area contributed by atoms with Crippen LogP contribution < -0.4 is 15.8 Å². The van der Waals surface area contributed by atoms with Crippen molar-refractivity contribution in [3.8, 4) is 5.75 Å². The van der Waals surface area contributed by atoms with Gasteiger partial charge in [-0.05, 0) is 37.9 Å². The van der Waals surface area contributed by atoms with Crippen molar-refractivity contribution < 1.29 is 24.5 Å². The summed E-state index contributed by atoms with van der Waals surface area (Å²) in [6.45, 7) is 3.50. The molecule has 0 saturated carbocycles. The number of nitrogens with zero attached hydrogens (tertiary/aromatic N) is 1. The summed E-state index contributed by atoms with van der Waals surface area (Å²) in [6.07, 6.45) is 3.62. The quantitative estimate of drug-likeness (QED) is 0.308. The molecule has 29 heavy (non-hydrogen) atoms. The molecule has 1 aromatic rings. The maximum atomic E-state index is 9.55. The van der Waals surface area contributed by atoms with Gasteiger partial charge in [-0.1, -0.05) is 23.8 Å². The number of rotatable bonds is 5.